The van der Waals surface area contributed by atoms with Gasteiger partial charge in [-0.2, -0.15) is 5.10 Å². The zero-order valence-electron chi connectivity index (χ0n) is 14.3. The molecule has 4 nitrogen and oxygen atoms in total. The Kier molecular flexibility index (Phi) is 6.53. The highest BCUT2D eigenvalue weighted by Crippen LogP contribution is 2.22. The van der Waals surface area contributed by atoms with Crippen LogP contribution in [0.25, 0.3) is 0 Å². The average Bonchev–Trinajstić information content (AvgIpc) is 2.61. The lowest BCUT2D eigenvalue weighted by Crippen LogP contribution is -2.25. The van der Waals surface area contributed by atoms with Crippen LogP contribution in [-0.4, -0.2) is 29.9 Å². The summed E-state index contributed by atoms with van der Waals surface area (Å²) in [4.78, 5) is 2.34. The van der Waals surface area contributed by atoms with E-state index in [1.807, 2.05) is 11.7 Å². The highest BCUT2D eigenvalue weighted by Gasteiger charge is 2.16. The lowest BCUT2D eigenvalue weighted by Gasteiger charge is -2.22. The zero-order valence-corrected chi connectivity index (χ0v) is 14.3. The third kappa shape index (κ3) is 4.82. The number of nitrogens with one attached hydrogen (secondary N) is 1. The van der Waals surface area contributed by atoms with Gasteiger partial charge in [0.05, 0.1) is 5.69 Å². The summed E-state index contributed by atoms with van der Waals surface area (Å²) in [5, 5.41) is 8.13. The third-order valence-corrected chi connectivity index (χ3v) is 3.57. The molecule has 0 radical (unpaired) electrons. The van der Waals surface area contributed by atoms with Crippen LogP contribution >= 0.6 is 0 Å². The zero-order chi connectivity index (χ0) is 15.3. The van der Waals surface area contributed by atoms with Gasteiger partial charge in [0.2, 0.25) is 0 Å². The fourth-order valence-electron chi connectivity index (χ4n) is 2.42. The SMILES string of the molecule is Cc1nn(C)c(N(C)CCC(C)C)c1CNCC(C)C. The van der Waals surface area contributed by atoms with Crippen LogP contribution in [0.4, 0.5) is 5.82 Å². The fourth-order valence-corrected chi connectivity index (χ4v) is 2.42. The first-order valence-electron chi connectivity index (χ1n) is 7.77. The summed E-state index contributed by atoms with van der Waals surface area (Å²) in [6.07, 6.45) is 1.21. The van der Waals surface area contributed by atoms with Gasteiger partial charge >= 0.3 is 0 Å². The molecule has 1 aromatic rings. The van der Waals surface area contributed by atoms with Gasteiger partial charge in [-0.1, -0.05) is 27.7 Å². The number of aromatic nitrogens is 2. The monoisotopic (exact) mass is 280 g/mol. The van der Waals surface area contributed by atoms with E-state index in [9.17, 15) is 0 Å². The predicted molar refractivity (Wildman–Crippen MR) is 87.2 cm³/mol. The van der Waals surface area contributed by atoms with Crippen LogP contribution in [-0.2, 0) is 13.6 Å². The number of anilines is 1. The van der Waals surface area contributed by atoms with Crippen LogP contribution in [0.5, 0.6) is 0 Å². The second-order valence-corrected chi connectivity index (χ2v) is 6.64. The highest BCUT2D eigenvalue weighted by molar-refractivity contribution is 5.49. The van der Waals surface area contributed by atoms with E-state index in [1.165, 1.54) is 17.8 Å². The van der Waals surface area contributed by atoms with Crippen LogP contribution in [0.15, 0.2) is 0 Å². The molecule has 0 aliphatic heterocycles. The van der Waals surface area contributed by atoms with Crippen molar-refractivity contribution >= 4 is 5.82 Å². The van der Waals surface area contributed by atoms with Crippen molar-refractivity contribution in [2.24, 2.45) is 18.9 Å². The van der Waals surface area contributed by atoms with Gasteiger partial charge in [-0.15, -0.1) is 0 Å². The molecule has 0 spiro atoms. The summed E-state index contributed by atoms with van der Waals surface area (Å²) in [7, 11) is 4.21. The minimum absolute atomic E-state index is 0.675. The molecule has 0 bridgehead atoms. The second kappa shape index (κ2) is 7.67. The van der Waals surface area contributed by atoms with Gasteiger partial charge in [-0.05, 0) is 31.7 Å². The van der Waals surface area contributed by atoms with Crippen molar-refractivity contribution in [3.05, 3.63) is 11.3 Å². The Labute approximate surface area is 124 Å². The first-order valence-corrected chi connectivity index (χ1v) is 7.77. The normalized spacial score (nSPS) is 11.7. The van der Waals surface area contributed by atoms with Crippen molar-refractivity contribution in [2.75, 3.05) is 25.0 Å². The first kappa shape index (κ1) is 17.0. The van der Waals surface area contributed by atoms with Crippen LogP contribution < -0.4 is 10.2 Å². The maximum atomic E-state index is 4.59. The van der Waals surface area contributed by atoms with Gasteiger partial charge in [0.25, 0.3) is 0 Å². The van der Waals surface area contributed by atoms with Crippen molar-refractivity contribution < 1.29 is 0 Å². The van der Waals surface area contributed by atoms with Crippen molar-refractivity contribution in [3.63, 3.8) is 0 Å². The van der Waals surface area contributed by atoms with Gasteiger partial charge in [0, 0.05) is 32.7 Å². The molecule has 1 aromatic heterocycles. The van der Waals surface area contributed by atoms with Crippen molar-refractivity contribution in [1.82, 2.24) is 15.1 Å². The molecular formula is C16H32N4. The van der Waals surface area contributed by atoms with E-state index in [2.05, 4.69) is 57.0 Å². The Bertz CT molecular complexity index is 407. The second-order valence-electron chi connectivity index (χ2n) is 6.64. The van der Waals surface area contributed by atoms with Crippen LogP contribution in [0.2, 0.25) is 0 Å². The summed E-state index contributed by atoms with van der Waals surface area (Å²) in [6, 6.07) is 0. The van der Waals surface area contributed by atoms with Crippen molar-refractivity contribution in [1.29, 1.82) is 0 Å². The number of rotatable bonds is 8. The van der Waals surface area contributed by atoms with E-state index >= 15 is 0 Å². The Balaban J connectivity index is 2.78. The van der Waals surface area contributed by atoms with Crippen molar-refractivity contribution in [3.8, 4) is 0 Å². The first-order chi connectivity index (χ1) is 9.32. The summed E-state index contributed by atoms with van der Waals surface area (Å²) in [5.41, 5.74) is 2.47. The molecule has 0 amide bonds. The molecule has 0 unspecified atom stereocenters. The maximum Gasteiger partial charge on any atom is 0.131 e. The number of nitrogens with zero attached hydrogens (tertiary/aromatic N) is 3. The fraction of sp³-hybridized carbons (Fsp3) is 0.812. The summed E-state index contributed by atoms with van der Waals surface area (Å²) in [5.74, 6) is 2.66. The molecule has 0 fully saturated rings. The van der Waals surface area contributed by atoms with Crippen LogP contribution in [0, 0.1) is 18.8 Å². The molecule has 20 heavy (non-hydrogen) atoms. The molecule has 1 rings (SSSR count). The Morgan fingerprint density at radius 1 is 1.20 bits per heavy atom. The molecule has 1 heterocycles. The summed E-state index contributed by atoms with van der Waals surface area (Å²) >= 11 is 0. The third-order valence-electron chi connectivity index (χ3n) is 3.57. The minimum atomic E-state index is 0.675. The number of hydrogen-bond acceptors (Lipinski definition) is 3. The molecule has 0 aliphatic rings. The molecule has 0 atom stereocenters. The van der Waals surface area contributed by atoms with E-state index in [0.717, 1.165) is 31.2 Å². The molecule has 116 valence electrons. The standard InChI is InChI=1S/C16H32N4/c1-12(2)8-9-19(6)16-15(11-17-10-13(3)4)14(5)18-20(16)7/h12-13,17H,8-11H2,1-7H3. The minimum Gasteiger partial charge on any atom is -0.360 e. The van der Waals surface area contributed by atoms with E-state index in [1.54, 1.807) is 0 Å². The summed E-state index contributed by atoms with van der Waals surface area (Å²) < 4.78 is 2.02. The van der Waals surface area contributed by atoms with E-state index < -0.39 is 0 Å². The molecular weight excluding hydrogens is 248 g/mol. The largest absolute Gasteiger partial charge is 0.360 e. The predicted octanol–water partition coefficient (Wildman–Crippen LogP) is 2.96. The number of aryl methyl sites for hydroxylation is 2. The van der Waals surface area contributed by atoms with Crippen LogP contribution in [0.3, 0.4) is 0 Å². The quantitative estimate of drug-likeness (QED) is 0.795. The number of hydrogen-bond donors (Lipinski definition) is 1. The lowest BCUT2D eigenvalue weighted by molar-refractivity contribution is 0.549. The Morgan fingerprint density at radius 3 is 2.40 bits per heavy atom. The van der Waals surface area contributed by atoms with Gasteiger partial charge < -0.3 is 10.2 Å². The molecule has 0 saturated carbocycles. The topological polar surface area (TPSA) is 33.1 Å². The molecule has 4 heteroatoms. The molecule has 1 N–H and O–H groups in total. The van der Waals surface area contributed by atoms with Gasteiger partial charge in [0.1, 0.15) is 5.82 Å². The van der Waals surface area contributed by atoms with Gasteiger partial charge in [-0.25, -0.2) is 0 Å². The van der Waals surface area contributed by atoms with Crippen molar-refractivity contribution in [2.45, 2.75) is 47.6 Å². The highest BCUT2D eigenvalue weighted by atomic mass is 15.4. The maximum absolute atomic E-state index is 4.59. The van der Waals surface area contributed by atoms with Gasteiger partial charge in [0.15, 0.2) is 0 Å². The van der Waals surface area contributed by atoms with E-state index in [4.69, 9.17) is 0 Å². The molecule has 0 aromatic carbocycles. The average molecular weight is 280 g/mol. The summed E-state index contributed by atoms with van der Waals surface area (Å²) in [6.45, 7) is 14.1. The van der Waals surface area contributed by atoms with Crippen LogP contribution in [0.1, 0.15) is 45.4 Å². The van der Waals surface area contributed by atoms with E-state index in [0.29, 0.717) is 5.92 Å². The van der Waals surface area contributed by atoms with E-state index in [-0.39, 0.29) is 0 Å². The smallest absolute Gasteiger partial charge is 0.131 e. The van der Waals surface area contributed by atoms with Gasteiger partial charge in [-0.3, -0.25) is 4.68 Å². The Hall–Kier alpha value is -1.03. The Morgan fingerprint density at radius 2 is 1.85 bits per heavy atom. The molecule has 0 aliphatic carbocycles. The lowest BCUT2D eigenvalue weighted by atomic mass is 10.1. The molecule has 0 saturated heterocycles.